The monoisotopic (exact) mass is 508 g/mol. The number of carbonyl (C=O) groups is 1. The largest absolute Gasteiger partial charge is 0.378 e. The van der Waals surface area contributed by atoms with E-state index in [0.717, 1.165) is 62.1 Å². The van der Waals surface area contributed by atoms with Gasteiger partial charge in [-0.3, -0.25) is 9.36 Å². The third-order valence-electron chi connectivity index (χ3n) is 6.72. The minimum absolute atomic E-state index is 0.210. The van der Waals surface area contributed by atoms with Crippen LogP contribution in [0.4, 0.5) is 17.7 Å². The summed E-state index contributed by atoms with van der Waals surface area (Å²) in [7, 11) is 0. The molecule has 2 aliphatic heterocycles. The second kappa shape index (κ2) is 10.8. The number of hydrogen-bond acceptors (Lipinski definition) is 10. The molecule has 0 unspecified atom stereocenters. The lowest BCUT2D eigenvalue weighted by Gasteiger charge is -2.35. The van der Waals surface area contributed by atoms with Gasteiger partial charge in [0.2, 0.25) is 17.8 Å². The van der Waals surface area contributed by atoms with E-state index in [1.165, 1.54) is 0 Å². The second-order valence-corrected chi connectivity index (χ2v) is 10.0. The third kappa shape index (κ3) is 5.29. The van der Waals surface area contributed by atoms with Gasteiger partial charge in [-0.05, 0) is 12.3 Å². The fourth-order valence-electron chi connectivity index (χ4n) is 4.86. The number of nitrogens with zero attached hydrogens (tertiary/aromatic N) is 9. The van der Waals surface area contributed by atoms with E-state index in [9.17, 15) is 4.79 Å². The molecule has 0 bridgehead atoms. The first-order valence-corrected chi connectivity index (χ1v) is 13.2. The quantitative estimate of drug-likeness (QED) is 0.504. The first-order chi connectivity index (χ1) is 17.9. The van der Waals surface area contributed by atoms with Gasteiger partial charge in [0.05, 0.1) is 18.8 Å². The summed E-state index contributed by atoms with van der Waals surface area (Å²) >= 11 is 0. The third-order valence-corrected chi connectivity index (χ3v) is 6.72. The van der Waals surface area contributed by atoms with Crippen LogP contribution in [0.25, 0.3) is 22.6 Å². The van der Waals surface area contributed by atoms with E-state index < -0.39 is 0 Å². The molecular weight excluding hydrogens is 472 g/mol. The minimum atomic E-state index is 0.210. The van der Waals surface area contributed by atoms with Gasteiger partial charge in [-0.25, -0.2) is 24.9 Å². The molecule has 12 heteroatoms. The van der Waals surface area contributed by atoms with Crippen molar-refractivity contribution in [2.75, 3.05) is 68.0 Å². The number of amides is 1. The van der Waals surface area contributed by atoms with Gasteiger partial charge in [0.15, 0.2) is 22.8 Å². The first-order valence-electron chi connectivity index (χ1n) is 13.2. The number of hydrogen-bond donors (Lipinski definition) is 1. The van der Waals surface area contributed by atoms with Crippen molar-refractivity contribution in [1.82, 2.24) is 34.4 Å². The molecule has 2 aliphatic rings. The Morgan fingerprint density at radius 1 is 1.00 bits per heavy atom. The highest BCUT2D eigenvalue weighted by atomic mass is 16.5. The Morgan fingerprint density at radius 3 is 2.35 bits per heavy atom. The molecule has 2 saturated heterocycles. The summed E-state index contributed by atoms with van der Waals surface area (Å²) in [4.78, 5) is 42.3. The molecule has 0 aromatic carbocycles. The SMILES string of the molecule is CCCC(=O)N1CCN(c2nc3c(N4CCOCC4)nc(-c4cnc(N)nc4)nc3n2CC(C)C)CC1. The Morgan fingerprint density at radius 2 is 1.70 bits per heavy atom. The number of ether oxygens (including phenoxy) is 1. The molecule has 0 atom stereocenters. The van der Waals surface area contributed by atoms with Crippen LogP contribution in [0.3, 0.4) is 0 Å². The summed E-state index contributed by atoms with van der Waals surface area (Å²) in [5, 5.41) is 0. The molecule has 5 heterocycles. The average molecular weight is 509 g/mol. The van der Waals surface area contributed by atoms with Crippen LogP contribution in [0.1, 0.15) is 33.6 Å². The number of anilines is 3. The lowest BCUT2D eigenvalue weighted by Crippen LogP contribution is -2.49. The standard InChI is InChI=1S/C25H36N10O2/c1-4-5-19(36)32-6-8-34(9-7-32)25-29-20-22(33-10-12-37-13-11-33)30-21(18-14-27-24(26)28-15-18)31-23(20)35(25)16-17(2)3/h14-15,17H,4-13,16H2,1-3H3,(H2,26,27,28). The maximum Gasteiger partial charge on any atom is 0.222 e. The highest BCUT2D eigenvalue weighted by Crippen LogP contribution is 2.32. The molecule has 5 rings (SSSR count). The van der Waals surface area contributed by atoms with Crippen molar-refractivity contribution in [3.8, 4) is 11.4 Å². The Bertz CT molecular complexity index is 1230. The molecule has 0 saturated carbocycles. The van der Waals surface area contributed by atoms with Gasteiger partial charge in [0.1, 0.15) is 0 Å². The molecule has 2 N–H and O–H groups in total. The molecule has 1 amide bonds. The van der Waals surface area contributed by atoms with E-state index in [-0.39, 0.29) is 11.9 Å². The predicted molar refractivity (Wildman–Crippen MR) is 142 cm³/mol. The molecule has 2 fully saturated rings. The van der Waals surface area contributed by atoms with E-state index in [1.54, 1.807) is 12.4 Å². The summed E-state index contributed by atoms with van der Waals surface area (Å²) in [6, 6.07) is 0. The van der Waals surface area contributed by atoms with Crippen LogP contribution in [0.15, 0.2) is 12.4 Å². The number of rotatable bonds is 7. The molecule has 12 nitrogen and oxygen atoms in total. The maximum absolute atomic E-state index is 12.4. The summed E-state index contributed by atoms with van der Waals surface area (Å²) < 4.78 is 7.80. The number of piperazine rings is 1. The molecule has 37 heavy (non-hydrogen) atoms. The van der Waals surface area contributed by atoms with E-state index >= 15 is 0 Å². The van der Waals surface area contributed by atoms with E-state index in [1.807, 2.05) is 11.8 Å². The molecular formula is C25H36N10O2. The first kappa shape index (κ1) is 25.1. The summed E-state index contributed by atoms with van der Waals surface area (Å²) in [6.07, 6.45) is 4.78. The number of nitrogens with two attached hydrogens (primary N) is 1. The van der Waals surface area contributed by atoms with Gasteiger partial charge in [0.25, 0.3) is 0 Å². The van der Waals surface area contributed by atoms with Gasteiger partial charge in [-0.15, -0.1) is 0 Å². The normalized spacial score (nSPS) is 16.7. The van der Waals surface area contributed by atoms with Gasteiger partial charge in [-0.1, -0.05) is 20.8 Å². The lowest BCUT2D eigenvalue weighted by atomic mass is 10.2. The van der Waals surface area contributed by atoms with Crippen molar-refractivity contribution in [2.45, 2.75) is 40.2 Å². The highest BCUT2D eigenvalue weighted by Gasteiger charge is 2.28. The average Bonchev–Trinajstić information content (AvgIpc) is 3.27. The molecule has 0 radical (unpaired) electrons. The van der Waals surface area contributed by atoms with Gasteiger partial charge >= 0.3 is 0 Å². The zero-order valence-electron chi connectivity index (χ0n) is 21.9. The van der Waals surface area contributed by atoms with Crippen molar-refractivity contribution >= 4 is 34.8 Å². The Labute approximate surface area is 216 Å². The fraction of sp³-hybridized carbons (Fsp3) is 0.600. The number of nitrogen functional groups attached to an aromatic ring is 1. The summed E-state index contributed by atoms with van der Waals surface area (Å²) in [6.45, 7) is 12.8. The Kier molecular flexibility index (Phi) is 7.36. The number of aromatic nitrogens is 6. The number of morpholine rings is 1. The number of imidazole rings is 1. The van der Waals surface area contributed by atoms with Gasteiger partial charge in [0, 0.05) is 64.6 Å². The lowest BCUT2D eigenvalue weighted by molar-refractivity contribution is -0.131. The van der Waals surface area contributed by atoms with Crippen molar-refractivity contribution in [3.05, 3.63) is 12.4 Å². The van der Waals surface area contributed by atoms with Crippen molar-refractivity contribution < 1.29 is 9.53 Å². The zero-order chi connectivity index (χ0) is 25.9. The van der Waals surface area contributed by atoms with Crippen LogP contribution in [-0.2, 0) is 16.1 Å². The molecule has 198 valence electrons. The van der Waals surface area contributed by atoms with Crippen molar-refractivity contribution in [3.63, 3.8) is 0 Å². The molecule has 3 aromatic heterocycles. The van der Waals surface area contributed by atoms with Crippen LogP contribution >= 0.6 is 0 Å². The van der Waals surface area contributed by atoms with Crippen LogP contribution in [-0.4, -0.2) is 92.8 Å². The van der Waals surface area contributed by atoms with Crippen LogP contribution < -0.4 is 15.5 Å². The molecule has 0 aliphatic carbocycles. The van der Waals surface area contributed by atoms with Gasteiger partial charge in [-0.2, -0.15) is 0 Å². The van der Waals surface area contributed by atoms with Gasteiger partial charge < -0.3 is 25.2 Å². The van der Waals surface area contributed by atoms with Crippen LogP contribution in [0.5, 0.6) is 0 Å². The zero-order valence-corrected chi connectivity index (χ0v) is 21.9. The number of fused-ring (bicyclic) bond motifs is 1. The second-order valence-electron chi connectivity index (χ2n) is 10.0. The van der Waals surface area contributed by atoms with E-state index in [2.05, 4.69) is 38.2 Å². The maximum atomic E-state index is 12.4. The smallest absolute Gasteiger partial charge is 0.222 e. The molecule has 3 aromatic rings. The Hall–Kier alpha value is -3.54. The summed E-state index contributed by atoms with van der Waals surface area (Å²) in [5.41, 5.74) is 7.99. The Balaban J connectivity index is 1.59. The summed E-state index contributed by atoms with van der Waals surface area (Å²) in [5.74, 6) is 3.03. The van der Waals surface area contributed by atoms with E-state index in [0.29, 0.717) is 50.0 Å². The topological polar surface area (TPSA) is 131 Å². The predicted octanol–water partition coefficient (Wildman–Crippen LogP) is 1.81. The fourth-order valence-corrected chi connectivity index (χ4v) is 4.86. The molecule has 0 spiro atoms. The van der Waals surface area contributed by atoms with Crippen LogP contribution in [0, 0.1) is 5.92 Å². The van der Waals surface area contributed by atoms with Crippen molar-refractivity contribution in [2.24, 2.45) is 5.92 Å². The minimum Gasteiger partial charge on any atom is -0.378 e. The number of carbonyl (C=O) groups excluding carboxylic acids is 1. The highest BCUT2D eigenvalue weighted by molar-refractivity contribution is 5.88. The van der Waals surface area contributed by atoms with E-state index in [4.69, 9.17) is 25.4 Å². The van der Waals surface area contributed by atoms with Crippen LogP contribution in [0.2, 0.25) is 0 Å². The van der Waals surface area contributed by atoms with Crippen molar-refractivity contribution in [1.29, 1.82) is 0 Å².